The van der Waals surface area contributed by atoms with Gasteiger partial charge in [0.1, 0.15) is 0 Å². The Morgan fingerprint density at radius 3 is 2.74 bits per heavy atom. The van der Waals surface area contributed by atoms with Gasteiger partial charge in [0.2, 0.25) is 0 Å². The summed E-state index contributed by atoms with van der Waals surface area (Å²) < 4.78 is 1.07. The van der Waals surface area contributed by atoms with E-state index in [0.29, 0.717) is 6.42 Å². The second-order valence-electron chi connectivity index (χ2n) is 4.40. The molecule has 19 heavy (non-hydrogen) atoms. The van der Waals surface area contributed by atoms with Crippen molar-refractivity contribution < 1.29 is 5.11 Å². The van der Waals surface area contributed by atoms with E-state index < -0.39 is 6.10 Å². The van der Waals surface area contributed by atoms with E-state index in [0.717, 1.165) is 20.4 Å². The highest BCUT2D eigenvalue weighted by atomic mass is 79.9. The fraction of sp³-hybridized carbons (Fsp3) is 0.133. The Bertz CT molecular complexity index is 696. The van der Waals surface area contributed by atoms with Crippen LogP contribution in [-0.4, -0.2) is 10.1 Å². The van der Waals surface area contributed by atoms with Crippen molar-refractivity contribution in [3.8, 4) is 0 Å². The Morgan fingerprint density at radius 2 is 1.95 bits per heavy atom. The van der Waals surface area contributed by atoms with Gasteiger partial charge in [-0.15, -0.1) is 11.3 Å². The molecule has 0 saturated heterocycles. The van der Waals surface area contributed by atoms with Crippen molar-refractivity contribution in [2.45, 2.75) is 12.5 Å². The van der Waals surface area contributed by atoms with Gasteiger partial charge in [-0.05, 0) is 34.5 Å². The average Bonchev–Trinajstić information content (AvgIpc) is 2.91. The van der Waals surface area contributed by atoms with Crippen molar-refractivity contribution in [3.05, 3.63) is 63.0 Å². The van der Waals surface area contributed by atoms with Crippen LogP contribution in [0.4, 0.5) is 0 Å². The first-order valence-corrected chi connectivity index (χ1v) is 7.65. The molecular weight excluding hydrogens is 322 g/mol. The summed E-state index contributed by atoms with van der Waals surface area (Å²) in [6, 6.07) is 12.2. The van der Waals surface area contributed by atoms with E-state index in [1.807, 2.05) is 29.6 Å². The first-order chi connectivity index (χ1) is 9.22. The molecule has 0 aliphatic rings. The lowest BCUT2D eigenvalue weighted by atomic mass is 10.0. The number of thiazole rings is 1. The molecule has 2 nitrogen and oxygen atoms in total. The van der Waals surface area contributed by atoms with Crippen LogP contribution in [0.2, 0.25) is 0 Å². The molecule has 1 heterocycles. The molecule has 96 valence electrons. The molecule has 0 aliphatic carbocycles. The van der Waals surface area contributed by atoms with E-state index in [2.05, 4.69) is 33.0 Å². The summed E-state index contributed by atoms with van der Waals surface area (Å²) in [4.78, 5) is 4.21. The molecule has 0 aliphatic heterocycles. The SMILES string of the molecule is OC(Cc1nccs1)c1ccc2cc(Br)ccc2c1. The molecule has 1 aromatic heterocycles. The first kappa shape index (κ1) is 12.8. The summed E-state index contributed by atoms with van der Waals surface area (Å²) >= 11 is 5.04. The van der Waals surface area contributed by atoms with Crippen molar-refractivity contribution in [1.82, 2.24) is 4.98 Å². The monoisotopic (exact) mass is 333 g/mol. The van der Waals surface area contributed by atoms with E-state index in [-0.39, 0.29) is 0 Å². The maximum Gasteiger partial charge on any atom is 0.0954 e. The Balaban J connectivity index is 1.90. The normalized spacial score (nSPS) is 12.7. The molecule has 0 amide bonds. The van der Waals surface area contributed by atoms with Crippen molar-refractivity contribution in [2.75, 3.05) is 0 Å². The van der Waals surface area contributed by atoms with Crippen LogP contribution in [0.25, 0.3) is 10.8 Å². The van der Waals surface area contributed by atoms with Crippen LogP contribution >= 0.6 is 27.3 Å². The predicted octanol–water partition coefficient (Wildman–Crippen LogP) is 4.33. The van der Waals surface area contributed by atoms with Crippen LogP contribution in [-0.2, 0) is 6.42 Å². The minimum atomic E-state index is -0.501. The summed E-state index contributed by atoms with van der Waals surface area (Å²) in [5.41, 5.74) is 0.935. The number of halogens is 1. The zero-order valence-corrected chi connectivity index (χ0v) is 12.5. The molecule has 0 fully saturated rings. The summed E-state index contributed by atoms with van der Waals surface area (Å²) in [7, 11) is 0. The summed E-state index contributed by atoms with van der Waals surface area (Å²) in [6.07, 6.45) is 1.84. The third kappa shape index (κ3) is 2.86. The number of nitrogens with zero attached hydrogens (tertiary/aromatic N) is 1. The predicted molar refractivity (Wildman–Crippen MR) is 82.4 cm³/mol. The Labute approximate surface area is 123 Å². The highest BCUT2D eigenvalue weighted by molar-refractivity contribution is 9.10. The van der Waals surface area contributed by atoms with E-state index >= 15 is 0 Å². The fourth-order valence-electron chi connectivity index (χ4n) is 2.08. The Hall–Kier alpha value is -1.23. The number of fused-ring (bicyclic) bond motifs is 1. The molecule has 0 spiro atoms. The molecule has 3 aromatic rings. The molecule has 1 unspecified atom stereocenters. The largest absolute Gasteiger partial charge is 0.388 e. The van der Waals surface area contributed by atoms with Gasteiger partial charge in [0, 0.05) is 22.5 Å². The topological polar surface area (TPSA) is 33.1 Å². The lowest BCUT2D eigenvalue weighted by Gasteiger charge is -2.10. The number of aromatic nitrogens is 1. The fourth-order valence-corrected chi connectivity index (χ4v) is 3.11. The zero-order chi connectivity index (χ0) is 13.2. The smallest absolute Gasteiger partial charge is 0.0954 e. The second-order valence-corrected chi connectivity index (χ2v) is 6.29. The zero-order valence-electron chi connectivity index (χ0n) is 10.1. The quantitative estimate of drug-likeness (QED) is 0.773. The summed E-state index contributed by atoms with van der Waals surface area (Å²) in [5.74, 6) is 0. The second kappa shape index (κ2) is 5.41. The molecule has 1 N–H and O–H groups in total. The van der Waals surface area contributed by atoms with Crippen molar-refractivity contribution >= 4 is 38.0 Å². The van der Waals surface area contributed by atoms with E-state index in [1.54, 1.807) is 17.5 Å². The van der Waals surface area contributed by atoms with Crippen molar-refractivity contribution in [2.24, 2.45) is 0 Å². The number of hydrogen-bond donors (Lipinski definition) is 1. The Morgan fingerprint density at radius 1 is 1.16 bits per heavy atom. The van der Waals surface area contributed by atoms with Crippen LogP contribution < -0.4 is 0 Å². The van der Waals surface area contributed by atoms with Gasteiger partial charge in [-0.25, -0.2) is 4.98 Å². The van der Waals surface area contributed by atoms with E-state index in [9.17, 15) is 5.11 Å². The van der Waals surface area contributed by atoms with Gasteiger partial charge < -0.3 is 5.11 Å². The van der Waals surface area contributed by atoms with Gasteiger partial charge in [-0.2, -0.15) is 0 Å². The molecule has 4 heteroatoms. The van der Waals surface area contributed by atoms with Gasteiger partial charge in [-0.3, -0.25) is 0 Å². The molecule has 0 bridgehead atoms. The van der Waals surface area contributed by atoms with Crippen molar-refractivity contribution in [1.29, 1.82) is 0 Å². The lowest BCUT2D eigenvalue weighted by molar-refractivity contribution is 0.178. The number of benzene rings is 2. The molecule has 2 aromatic carbocycles. The Kier molecular flexibility index (Phi) is 3.64. The highest BCUT2D eigenvalue weighted by Crippen LogP contribution is 2.25. The van der Waals surface area contributed by atoms with E-state index in [1.165, 1.54) is 5.39 Å². The molecule has 3 rings (SSSR count). The van der Waals surface area contributed by atoms with Crippen molar-refractivity contribution in [3.63, 3.8) is 0 Å². The number of aliphatic hydroxyl groups is 1. The van der Waals surface area contributed by atoms with Crippen LogP contribution in [0, 0.1) is 0 Å². The molecule has 0 radical (unpaired) electrons. The minimum absolute atomic E-state index is 0.501. The third-order valence-electron chi connectivity index (χ3n) is 3.06. The first-order valence-electron chi connectivity index (χ1n) is 5.98. The standard InChI is InChI=1S/C15H12BrNOS/c16-13-4-3-10-7-12(2-1-11(10)8-13)14(18)9-15-17-5-6-19-15/h1-8,14,18H,9H2. The number of rotatable bonds is 3. The maximum atomic E-state index is 10.3. The van der Waals surface area contributed by atoms with Gasteiger partial charge in [-0.1, -0.05) is 34.1 Å². The van der Waals surface area contributed by atoms with Crippen LogP contribution in [0.5, 0.6) is 0 Å². The number of aliphatic hydroxyl groups excluding tert-OH is 1. The van der Waals surface area contributed by atoms with Gasteiger partial charge in [0.05, 0.1) is 11.1 Å². The molecular formula is C15H12BrNOS. The molecule has 1 atom stereocenters. The van der Waals surface area contributed by atoms with Crippen LogP contribution in [0.1, 0.15) is 16.7 Å². The maximum absolute atomic E-state index is 10.3. The minimum Gasteiger partial charge on any atom is -0.388 e. The van der Waals surface area contributed by atoms with E-state index in [4.69, 9.17) is 0 Å². The van der Waals surface area contributed by atoms with Gasteiger partial charge in [0.25, 0.3) is 0 Å². The summed E-state index contributed by atoms with van der Waals surface area (Å²) in [6.45, 7) is 0. The number of hydrogen-bond acceptors (Lipinski definition) is 3. The van der Waals surface area contributed by atoms with Gasteiger partial charge >= 0.3 is 0 Å². The average molecular weight is 334 g/mol. The van der Waals surface area contributed by atoms with Crippen LogP contribution in [0.3, 0.4) is 0 Å². The third-order valence-corrected chi connectivity index (χ3v) is 4.36. The molecule has 0 saturated carbocycles. The van der Waals surface area contributed by atoms with Gasteiger partial charge in [0.15, 0.2) is 0 Å². The lowest BCUT2D eigenvalue weighted by Crippen LogP contribution is -2.01. The van der Waals surface area contributed by atoms with Crippen LogP contribution in [0.15, 0.2) is 52.4 Å². The highest BCUT2D eigenvalue weighted by Gasteiger charge is 2.10. The summed E-state index contributed by atoms with van der Waals surface area (Å²) in [5, 5.41) is 15.5.